The van der Waals surface area contributed by atoms with Crippen molar-refractivity contribution in [2.24, 2.45) is 0 Å². The summed E-state index contributed by atoms with van der Waals surface area (Å²) >= 11 is 0. The van der Waals surface area contributed by atoms with Crippen LogP contribution in [0.15, 0.2) is 35.9 Å². The second kappa shape index (κ2) is 8.70. The molecule has 2 aliphatic heterocycles. The minimum Gasteiger partial charge on any atom is -0.348 e. The highest BCUT2D eigenvalue weighted by atomic mass is 35.5. The quantitative estimate of drug-likeness (QED) is 0.723. The zero-order valence-corrected chi connectivity index (χ0v) is 14.3. The smallest absolute Gasteiger partial charge is 0.321 e. The first-order valence-corrected chi connectivity index (χ1v) is 8.06. The second-order valence-electron chi connectivity index (χ2n) is 5.79. The van der Waals surface area contributed by atoms with Crippen LogP contribution in [0, 0.1) is 0 Å². The van der Waals surface area contributed by atoms with Gasteiger partial charge in [-0.25, -0.2) is 4.79 Å². The van der Waals surface area contributed by atoms with Gasteiger partial charge in [0.25, 0.3) is 5.91 Å². The third kappa shape index (κ3) is 4.49. The molecule has 0 unspecified atom stereocenters. The summed E-state index contributed by atoms with van der Waals surface area (Å²) in [7, 11) is 0. The van der Waals surface area contributed by atoms with Crippen molar-refractivity contribution in [2.75, 3.05) is 37.6 Å². The van der Waals surface area contributed by atoms with Crippen LogP contribution < -0.4 is 20.9 Å². The van der Waals surface area contributed by atoms with E-state index in [1.54, 1.807) is 17.0 Å². The SMILES string of the molecule is Cl.O=C(NCC1=CCNCC1)c1cccc(N2CCCNC2=O)c1. The van der Waals surface area contributed by atoms with E-state index in [-0.39, 0.29) is 24.3 Å². The number of amides is 3. The van der Waals surface area contributed by atoms with Crippen LogP contribution in [0.5, 0.6) is 0 Å². The van der Waals surface area contributed by atoms with E-state index in [1.807, 2.05) is 12.1 Å². The zero-order chi connectivity index (χ0) is 16.1. The molecular formula is C17H23ClN4O2. The van der Waals surface area contributed by atoms with Gasteiger partial charge in [-0.3, -0.25) is 9.69 Å². The Hall–Kier alpha value is -2.05. The molecule has 1 aromatic carbocycles. The fourth-order valence-electron chi connectivity index (χ4n) is 2.82. The predicted molar refractivity (Wildman–Crippen MR) is 97.0 cm³/mol. The Labute approximate surface area is 148 Å². The van der Waals surface area contributed by atoms with Gasteiger partial charge in [-0.1, -0.05) is 17.7 Å². The predicted octanol–water partition coefficient (Wildman–Crippen LogP) is 1.68. The van der Waals surface area contributed by atoms with Crippen molar-refractivity contribution in [2.45, 2.75) is 12.8 Å². The normalized spacial score (nSPS) is 17.4. The number of carbonyl (C=O) groups is 2. The summed E-state index contributed by atoms with van der Waals surface area (Å²) < 4.78 is 0. The number of anilines is 1. The van der Waals surface area contributed by atoms with Gasteiger partial charge in [-0.2, -0.15) is 0 Å². The molecule has 0 radical (unpaired) electrons. The lowest BCUT2D eigenvalue weighted by molar-refractivity contribution is 0.0956. The number of rotatable bonds is 4. The molecule has 6 nitrogen and oxygen atoms in total. The molecule has 0 spiro atoms. The summed E-state index contributed by atoms with van der Waals surface area (Å²) in [6.45, 7) is 3.79. The van der Waals surface area contributed by atoms with E-state index in [1.165, 1.54) is 5.57 Å². The van der Waals surface area contributed by atoms with Crippen molar-refractivity contribution in [3.05, 3.63) is 41.5 Å². The van der Waals surface area contributed by atoms with Gasteiger partial charge >= 0.3 is 6.03 Å². The lowest BCUT2D eigenvalue weighted by Crippen LogP contribution is -2.46. The van der Waals surface area contributed by atoms with Crippen LogP contribution in [0.4, 0.5) is 10.5 Å². The van der Waals surface area contributed by atoms with Gasteiger partial charge in [0.15, 0.2) is 0 Å². The highest BCUT2D eigenvalue weighted by molar-refractivity contribution is 5.98. The van der Waals surface area contributed by atoms with Crippen molar-refractivity contribution in [1.29, 1.82) is 0 Å². The number of nitrogens with zero attached hydrogens (tertiary/aromatic N) is 1. The molecule has 1 fully saturated rings. The number of nitrogens with one attached hydrogen (secondary N) is 3. The Morgan fingerprint density at radius 2 is 2.17 bits per heavy atom. The number of halogens is 1. The van der Waals surface area contributed by atoms with E-state index in [9.17, 15) is 9.59 Å². The highest BCUT2D eigenvalue weighted by Gasteiger charge is 2.20. The van der Waals surface area contributed by atoms with Gasteiger partial charge < -0.3 is 16.0 Å². The van der Waals surface area contributed by atoms with E-state index in [4.69, 9.17) is 0 Å². The Kier molecular flexibility index (Phi) is 6.63. The van der Waals surface area contributed by atoms with Crippen molar-refractivity contribution in [3.8, 4) is 0 Å². The lowest BCUT2D eigenvalue weighted by atomic mass is 10.1. The van der Waals surface area contributed by atoms with Gasteiger partial charge in [0.2, 0.25) is 0 Å². The number of hydrogen-bond acceptors (Lipinski definition) is 3. The molecule has 0 aliphatic carbocycles. The molecule has 130 valence electrons. The van der Waals surface area contributed by atoms with Gasteiger partial charge in [0.1, 0.15) is 0 Å². The first-order chi connectivity index (χ1) is 11.2. The molecule has 7 heteroatoms. The molecule has 1 saturated heterocycles. The third-order valence-corrected chi connectivity index (χ3v) is 4.13. The fraction of sp³-hybridized carbons (Fsp3) is 0.412. The first-order valence-electron chi connectivity index (χ1n) is 8.06. The van der Waals surface area contributed by atoms with E-state index in [0.29, 0.717) is 25.2 Å². The van der Waals surface area contributed by atoms with Crippen LogP contribution in [-0.4, -0.2) is 44.7 Å². The maximum Gasteiger partial charge on any atom is 0.321 e. The monoisotopic (exact) mass is 350 g/mol. The Bertz CT molecular complexity index is 633. The van der Waals surface area contributed by atoms with Crippen molar-refractivity contribution >= 4 is 30.0 Å². The van der Waals surface area contributed by atoms with Crippen LogP contribution >= 0.6 is 12.4 Å². The van der Waals surface area contributed by atoms with Gasteiger partial charge in [-0.15, -0.1) is 12.4 Å². The molecular weight excluding hydrogens is 328 g/mol. The molecule has 0 bridgehead atoms. The maximum absolute atomic E-state index is 12.3. The average molecular weight is 351 g/mol. The van der Waals surface area contributed by atoms with E-state index < -0.39 is 0 Å². The number of carbonyl (C=O) groups excluding carboxylic acids is 2. The summed E-state index contributed by atoms with van der Waals surface area (Å²) in [6, 6.07) is 7.12. The maximum atomic E-state index is 12.3. The van der Waals surface area contributed by atoms with Crippen LogP contribution in [0.25, 0.3) is 0 Å². The van der Waals surface area contributed by atoms with Crippen LogP contribution in [0.2, 0.25) is 0 Å². The van der Waals surface area contributed by atoms with Crippen molar-refractivity contribution in [3.63, 3.8) is 0 Å². The van der Waals surface area contributed by atoms with Crippen LogP contribution in [-0.2, 0) is 0 Å². The minimum atomic E-state index is -0.108. The minimum absolute atomic E-state index is 0. The summed E-state index contributed by atoms with van der Waals surface area (Å²) in [6.07, 6.45) is 4.00. The summed E-state index contributed by atoms with van der Waals surface area (Å²) in [5, 5.41) is 9.03. The highest BCUT2D eigenvalue weighted by Crippen LogP contribution is 2.18. The summed E-state index contributed by atoms with van der Waals surface area (Å²) in [5.41, 5.74) is 2.59. The molecule has 0 atom stereocenters. The van der Waals surface area contributed by atoms with Crippen LogP contribution in [0.1, 0.15) is 23.2 Å². The van der Waals surface area contributed by atoms with Crippen molar-refractivity contribution in [1.82, 2.24) is 16.0 Å². The standard InChI is InChI=1S/C17H22N4O2.ClH/c22-16(20-12-13-5-8-18-9-6-13)14-3-1-4-15(11-14)21-10-2-7-19-17(21)23;/h1,3-5,11,18H,2,6-10,12H2,(H,19,23)(H,20,22);1H. The lowest BCUT2D eigenvalue weighted by Gasteiger charge is -2.27. The summed E-state index contributed by atoms with van der Waals surface area (Å²) in [4.78, 5) is 25.9. The third-order valence-electron chi connectivity index (χ3n) is 4.13. The molecule has 3 amide bonds. The first kappa shape index (κ1) is 18.3. The van der Waals surface area contributed by atoms with E-state index >= 15 is 0 Å². The molecule has 0 aromatic heterocycles. The van der Waals surface area contributed by atoms with Gasteiger partial charge in [-0.05, 0) is 37.6 Å². The van der Waals surface area contributed by atoms with Crippen molar-refractivity contribution < 1.29 is 9.59 Å². The molecule has 2 aliphatic rings. The number of benzene rings is 1. The summed E-state index contributed by atoms with van der Waals surface area (Å²) in [5.74, 6) is -0.108. The molecule has 1 aromatic rings. The zero-order valence-electron chi connectivity index (χ0n) is 13.5. The molecule has 24 heavy (non-hydrogen) atoms. The van der Waals surface area contributed by atoms with Gasteiger partial charge in [0.05, 0.1) is 0 Å². The molecule has 3 N–H and O–H groups in total. The van der Waals surface area contributed by atoms with E-state index in [0.717, 1.165) is 31.6 Å². The number of hydrogen-bond donors (Lipinski definition) is 3. The molecule has 3 rings (SSSR count). The number of urea groups is 1. The Balaban J connectivity index is 0.00000208. The topological polar surface area (TPSA) is 73.5 Å². The fourth-order valence-corrected chi connectivity index (χ4v) is 2.82. The Morgan fingerprint density at radius 1 is 1.29 bits per heavy atom. The Morgan fingerprint density at radius 3 is 2.92 bits per heavy atom. The van der Waals surface area contributed by atoms with Gasteiger partial charge in [0, 0.05) is 37.4 Å². The average Bonchev–Trinajstić information content (AvgIpc) is 2.61. The second-order valence-corrected chi connectivity index (χ2v) is 5.79. The van der Waals surface area contributed by atoms with Crippen LogP contribution in [0.3, 0.4) is 0 Å². The molecule has 2 heterocycles. The largest absolute Gasteiger partial charge is 0.348 e. The van der Waals surface area contributed by atoms with E-state index in [2.05, 4.69) is 22.0 Å². The molecule has 0 saturated carbocycles.